The van der Waals surface area contributed by atoms with Crippen LogP contribution in [0.25, 0.3) is 12.2 Å². The molecule has 142 valence electrons. The van der Waals surface area contributed by atoms with E-state index in [1.807, 2.05) is 30.5 Å². The van der Waals surface area contributed by atoms with Gasteiger partial charge in [-0.15, -0.1) is 0 Å². The third-order valence-corrected chi connectivity index (χ3v) is 4.23. The second-order valence-corrected chi connectivity index (χ2v) is 6.98. The fourth-order valence-corrected chi connectivity index (χ4v) is 2.65. The van der Waals surface area contributed by atoms with Gasteiger partial charge in [0.2, 0.25) is 0 Å². The van der Waals surface area contributed by atoms with Gasteiger partial charge in [0.25, 0.3) is 10.4 Å². The number of nitrogens with one attached hydrogen (secondary N) is 1. The molecule has 0 unspecified atom stereocenters. The number of hydrogen-bond acceptors (Lipinski definition) is 6. The Balaban J connectivity index is 0.00000392. The average Bonchev–Trinajstić information content (AvgIpc) is 2.98. The minimum absolute atomic E-state index is 0. The Morgan fingerprint density at radius 2 is 1.75 bits per heavy atom. The Morgan fingerprint density at radius 3 is 2.32 bits per heavy atom. The molecule has 0 aromatic carbocycles. The van der Waals surface area contributed by atoms with Crippen LogP contribution in [0.1, 0.15) is 17.0 Å². The van der Waals surface area contributed by atoms with Crippen molar-refractivity contribution >= 4 is 38.5 Å². The van der Waals surface area contributed by atoms with E-state index in [-0.39, 0.29) is 46.6 Å². The Labute approximate surface area is 192 Å². The molecule has 28 heavy (non-hydrogen) atoms. The molecular formula is C18H15BrNNaO6S. The topological polar surface area (TPSA) is 112 Å². The summed E-state index contributed by atoms with van der Waals surface area (Å²) in [6, 6.07) is 3.06. The molecule has 0 fully saturated rings. The first kappa shape index (κ1) is 24.4. The first-order valence-corrected chi connectivity index (χ1v) is 9.70. The maximum absolute atomic E-state index is 11.7. The largest absolute Gasteiger partial charge is 1.00 e. The van der Waals surface area contributed by atoms with E-state index in [1.54, 1.807) is 24.3 Å². The smallest absolute Gasteiger partial charge is 0.716 e. The summed E-state index contributed by atoms with van der Waals surface area (Å²) < 4.78 is 42.3. The van der Waals surface area contributed by atoms with Crippen LogP contribution < -0.4 is 39.4 Å². The maximum atomic E-state index is 11.7. The predicted molar refractivity (Wildman–Crippen MR) is 105 cm³/mol. The van der Waals surface area contributed by atoms with Gasteiger partial charge in [-0.25, -0.2) is 13.2 Å². The van der Waals surface area contributed by atoms with Crippen molar-refractivity contribution in [2.45, 2.75) is 6.92 Å². The van der Waals surface area contributed by atoms with Crippen molar-refractivity contribution in [2.24, 2.45) is 0 Å². The van der Waals surface area contributed by atoms with Gasteiger partial charge < -0.3 is 18.1 Å². The van der Waals surface area contributed by atoms with Crippen LogP contribution in [0.5, 0.6) is 5.75 Å². The van der Waals surface area contributed by atoms with Crippen LogP contribution in [-0.4, -0.2) is 18.0 Å². The number of H-pyrrole nitrogens is 1. The minimum atomic E-state index is -4.98. The molecule has 0 amide bonds. The van der Waals surface area contributed by atoms with E-state index < -0.39 is 16.0 Å². The Bertz CT molecular complexity index is 1080. The van der Waals surface area contributed by atoms with Crippen molar-refractivity contribution in [3.63, 3.8) is 0 Å². The summed E-state index contributed by atoms with van der Waals surface area (Å²) in [7, 11) is -4.98. The van der Waals surface area contributed by atoms with E-state index in [9.17, 15) is 17.8 Å². The number of rotatable bonds is 7. The molecule has 0 saturated heterocycles. The van der Waals surface area contributed by atoms with Gasteiger partial charge in [0.05, 0.1) is 11.3 Å². The third-order valence-electron chi connectivity index (χ3n) is 3.16. The molecule has 0 atom stereocenters. The van der Waals surface area contributed by atoms with Gasteiger partial charge in [-0.2, -0.15) is 0 Å². The summed E-state index contributed by atoms with van der Waals surface area (Å²) >= 11 is 3.40. The Kier molecular flexibility index (Phi) is 9.94. The van der Waals surface area contributed by atoms with Gasteiger partial charge in [-0.3, -0.25) is 0 Å². The van der Waals surface area contributed by atoms with Gasteiger partial charge in [-0.1, -0.05) is 36.5 Å². The van der Waals surface area contributed by atoms with Crippen molar-refractivity contribution in [3.05, 3.63) is 86.7 Å². The van der Waals surface area contributed by atoms with Gasteiger partial charge in [-0.05, 0) is 41.1 Å². The normalized spacial score (nSPS) is 12.4. The first-order valence-electron chi connectivity index (χ1n) is 7.57. The molecule has 0 radical (unpaired) electrons. The molecule has 2 rings (SSSR count). The molecule has 0 aliphatic rings. The molecule has 2 aromatic heterocycles. The number of aromatic nitrogens is 1. The van der Waals surface area contributed by atoms with Crippen molar-refractivity contribution in [1.29, 1.82) is 0 Å². The second-order valence-electron chi connectivity index (χ2n) is 5.14. The maximum Gasteiger partial charge on any atom is 1.00 e. The quantitative estimate of drug-likeness (QED) is 0.273. The van der Waals surface area contributed by atoms with Crippen LogP contribution in [0, 0.1) is 6.92 Å². The van der Waals surface area contributed by atoms with E-state index in [1.165, 1.54) is 13.0 Å². The summed E-state index contributed by atoms with van der Waals surface area (Å²) in [4.78, 5) is 14.7. The van der Waals surface area contributed by atoms with Crippen LogP contribution in [-0.2, 0) is 10.4 Å². The average molecular weight is 476 g/mol. The monoisotopic (exact) mass is 475 g/mol. The second kappa shape index (κ2) is 11.4. The van der Waals surface area contributed by atoms with Crippen LogP contribution >= 0.6 is 15.9 Å². The summed E-state index contributed by atoms with van der Waals surface area (Å²) in [6.07, 6.45) is 15.6. The zero-order chi connectivity index (χ0) is 19.9. The fraction of sp³-hybridized carbons (Fsp3) is 0.0556. The molecule has 2 aromatic rings. The standard InChI is InChI=1S/C18H16BrNO6S.Na/c1-13-17(26-27(22,23)24)12-14(25-18(13)21)8-6-4-2-3-5-7-9-16-15(19)10-11-20-16;/h2-12,20H,1H3,(H,22,23,24);/q;+1/p-1/b4-2+,5-3+,8-6+,9-7+;. The fourth-order valence-electron chi connectivity index (χ4n) is 1.88. The van der Waals surface area contributed by atoms with E-state index in [0.29, 0.717) is 0 Å². The molecule has 1 N–H and O–H groups in total. The predicted octanol–water partition coefficient (Wildman–Crippen LogP) is 0.721. The zero-order valence-corrected chi connectivity index (χ0v) is 19.5. The summed E-state index contributed by atoms with van der Waals surface area (Å²) in [5.74, 6) is -0.306. The number of hydrogen-bond donors (Lipinski definition) is 1. The summed E-state index contributed by atoms with van der Waals surface area (Å²) in [5.41, 5.74) is 0.0573. The van der Waals surface area contributed by atoms with Gasteiger partial charge >= 0.3 is 35.2 Å². The van der Waals surface area contributed by atoms with E-state index in [2.05, 4.69) is 25.1 Å². The SMILES string of the molecule is Cc1c(OS(=O)(=O)[O-])cc(/C=C/C=C/C=C/C=C/c2[nH]ccc2Br)oc1=O.[Na+]. The van der Waals surface area contributed by atoms with Gasteiger partial charge in [0.15, 0.2) is 5.75 Å². The summed E-state index contributed by atoms with van der Waals surface area (Å²) in [5, 5.41) is 0. The molecule has 10 heteroatoms. The molecule has 0 bridgehead atoms. The van der Waals surface area contributed by atoms with Crippen LogP contribution in [0.15, 0.2) is 68.5 Å². The van der Waals surface area contributed by atoms with Crippen LogP contribution in [0.4, 0.5) is 0 Å². The molecule has 0 saturated carbocycles. The third kappa shape index (κ3) is 8.17. The summed E-state index contributed by atoms with van der Waals surface area (Å²) in [6.45, 7) is 1.30. The van der Waals surface area contributed by atoms with Crippen molar-refractivity contribution < 1.29 is 51.1 Å². The molecule has 2 heterocycles. The van der Waals surface area contributed by atoms with E-state index in [0.717, 1.165) is 16.2 Å². The first-order chi connectivity index (χ1) is 12.8. The van der Waals surface area contributed by atoms with Crippen LogP contribution in [0.3, 0.4) is 0 Å². The van der Waals surface area contributed by atoms with Crippen LogP contribution in [0.2, 0.25) is 0 Å². The Morgan fingerprint density at radius 1 is 1.14 bits per heavy atom. The minimum Gasteiger partial charge on any atom is -0.716 e. The van der Waals surface area contributed by atoms with Gasteiger partial charge in [0, 0.05) is 16.7 Å². The number of allylic oxidation sites excluding steroid dienone is 6. The molecule has 0 spiro atoms. The van der Waals surface area contributed by atoms with Crippen molar-refractivity contribution in [2.75, 3.05) is 0 Å². The van der Waals surface area contributed by atoms with Crippen molar-refractivity contribution in [1.82, 2.24) is 4.98 Å². The van der Waals surface area contributed by atoms with Crippen molar-refractivity contribution in [3.8, 4) is 5.75 Å². The molecular weight excluding hydrogens is 461 g/mol. The number of halogens is 1. The molecule has 0 aliphatic heterocycles. The molecule has 0 aliphatic carbocycles. The van der Waals surface area contributed by atoms with Gasteiger partial charge in [0.1, 0.15) is 5.76 Å². The van der Waals surface area contributed by atoms with E-state index in [4.69, 9.17) is 4.42 Å². The zero-order valence-electron chi connectivity index (χ0n) is 15.1. The van der Waals surface area contributed by atoms with E-state index >= 15 is 0 Å². The Hall–Kier alpha value is -1.62. The number of aromatic amines is 1. The molecule has 7 nitrogen and oxygen atoms in total.